The third kappa shape index (κ3) is 2.00. The molecule has 0 saturated heterocycles. The smallest absolute Gasteiger partial charge is 0.270 e. The van der Waals surface area contributed by atoms with Crippen molar-refractivity contribution in [1.29, 1.82) is 0 Å². The zero-order valence-electron chi connectivity index (χ0n) is 10.9. The van der Waals surface area contributed by atoms with E-state index in [9.17, 15) is 4.79 Å². The standard InChI is InChI=1S/C14H15N3OS/c1-8-5-10-3-4-17(12(10)6-11(8)15)14(18)13-7-16-9(2)19-13/h5-7H,3-4,15H2,1-2H3. The van der Waals surface area contributed by atoms with Gasteiger partial charge >= 0.3 is 0 Å². The largest absolute Gasteiger partial charge is 0.398 e. The number of nitrogens with zero attached hydrogens (tertiary/aromatic N) is 2. The number of hydrogen-bond acceptors (Lipinski definition) is 4. The number of amides is 1. The van der Waals surface area contributed by atoms with Crippen LogP contribution >= 0.6 is 11.3 Å². The van der Waals surface area contributed by atoms with Crippen LogP contribution in [0.2, 0.25) is 0 Å². The summed E-state index contributed by atoms with van der Waals surface area (Å²) in [5.74, 6) is 0.0209. The van der Waals surface area contributed by atoms with Gasteiger partial charge in [-0.3, -0.25) is 4.79 Å². The van der Waals surface area contributed by atoms with E-state index in [1.807, 2.05) is 19.9 Å². The highest BCUT2D eigenvalue weighted by Gasteiger charge is 2.27. The van der Waals surface area contributed by atoms with Gasteiger partial charge in [0.1, 0.15) is 4.88 Å². The van der Waals surface area contributed by atoms with Crippen LogP contribution in [-0.2, 0) is 6.42 Å². The van der Waals surface area contributed by atoms with E-state index in [2.05, 4.69) is 11.1 Å². The summed E-state index contributed by atoms with van der Waals surface area (Å²) in [4.78, 5) is 19.1. The Labute approximate surface area is 115 Å². The van der Waals surface area contributed by atoms with E-state index >= 15 is 0 Å². The number of benzene rings is 1. The number of hydrogen-bond donors (Lipinski definition) is 1. The molecule has 1 amide bonds. The Morgan fingerprint density at radius 1 is 1.42 bits per heavy atom. The molecule has 2 N–H and O–H groups in total. The van der Waals surface area contributed by atoms with Crippen molar-refractivity contribution >= 4 is 28.6 Å². The maximum Gasteiger partial charge on any atom is 0.270 e. The number of nitrogen functional groups attached to an aromatic ring is 1. The lowest BCUT2D eigenvalue weighted by Gasteiger charge is -2.17. The van der Waals surface area contributed by atoms with Gasteiger partial charge in [-0.2, -0.15) is 0 Å². The SMILES string of the molecule is Cc1ncc(C(=O)N2CCc3cc(C)c(N)cc32)s1. The molecule has 0 unspecified atom stereocenters. The number of rotatable bonds is 1. The Kier molecular flexibility index (Phi) is 2.78. The van der Waals surface area contributed by atoms with Crippen LogP contribution < -0.4 is 10.6 Å². The number of carbonyl (C=O) groups excluding carboxylic acids is 1. The van der Waals surface area contributed by atoms with E-state index in [4.69, 9.17) is 5.73 Å². The molecule has 0 atom stereocenters. The molecule has 98 valence electrons. The van der Waals surface area contributed by atoms with Gasteiger partial charge in [-0.05, 0) is 37.5 Å². The van der Waals surface area contributed by atoms with Gasteiger partial charge in [0, 0.05) is 17.9 Å². The molecule has 1 aromatic carbocycles. The average molecular weight is 273 g/mol. The van der Waals surface area contributed by atoms with Crippen LogP contribution in [0.1, 0.15) is 25.8 Å². The first-order valence-electron chi connectivity index (χ1n) is 6.19. The van der Waals surface area contributed by atoms with Crippen molar-refractivity contribution in [3.63, 3.8) is 0 Å². The molecule has 5 heteroatoms. The maximum absolute atomic E-state index is 12.5. The molecule has 3 rings (SSSR count). The van der Waals surface area contributed by atoms with Crippen LogP contribution in [0.25, 0.3) is 0 Å². The third-order valence-electron chi connectivity index (χ3n) is 3.44. The van der Waals surface area contributed by atoms with E-state index in [0.29, 0.717) is 11.4 Å². The zero-order valence-corrected chi connectivity index (χ0v) is 11.8. The first-order valence-corrected chi connectivity index (χ1v) is 7.01. The van der Waals surface area contributed by atoms with Crippen LogP contribution in [0, 0.1) is 13.8 Å². The molecular weight excluding hydrogens is 258 g/mol. The summed E-state index contributed by atoms with van der Waals surface area (Å²) in [5, 5.41) is 0.909. The molecule has 2 heterocycles. The first-order chi connectivity index (χ1) is 9.06. The van der Waals surface area contributed by atoms with Crippen LogP contribution in [0.3, 0.4) is 0 Å². The summed E-state index contributed by atoms with van der Waals surface area (Å²) in [6.07, 6.45) is 2.54. The number of aryl methyl sites for hydroxylation is 2. The van der Waals surface area contributed by atoms with Gasteiger partial charge in [0.05, 0.1) is 11.2 Å². The van der Waals surface area contributed by atoms with Gasteiger partial charge in [0.15, 0.2) is 0 Å². The van der Waals surface area contributed by atoms with Crippen molar-refractivity contribution in [3.05, 3.63) is 39.3 Å². The van der Waals surface area contributed by atoms with E-state index in [0.717, 1.165) is 28.4 Å². The summed E-state index contributed by atoms with van der Waals surface area (Å²) in [6, 6.07) is 3.99. The molecule has 1 aliphatic heterocycles. The van der Waals surface area contributed by atoms with Crippen LogP contribution in [0.4, 0.5) is 11.4 Å². The number of aromatic nitrogens is 1. The second-order valence-electron chi connectivity index (χ2n) is 4.79. The van der Waals surface area contributed by atoms with E-state index < -0.39 is 0 Å². The molecular formula is C14H15N3OS. The fraction of sp³-hybridized carbons (Fsp3) is 0.286. The van der Waals surface area contributed by atoms with E-state index in [1.165, 1.54) is 16.9 Å². The van der Waals surface area contributed by atoms with Crippen LogP contribution in [0.5, 0.6) is 0 Å². The van der Waals surface area contributed by atoms with E-state index in [-0.39, 0.29) is 5.91 Å². The third-order valence-corrected chi connectivity index (χ3v) is 4.34. The normalized spacial score (nSPS) is 13.7. The fourth-order valence-electron chi connectivity index (χ4n) is 2.38. The Morgan fingerprint density at radius 2 is 2.21 bits per heavy atom. The average Bonchev–Trinajstić information content (AvgIpc) is 2.96. The van der Waals surface area contributed by atoms with Crippen molar-refractivity contribution in [1.82, 2.24) is 4.98 Å². The number of carbonyl (C=O) groups is 1. The molecule has 0 aliphatic carbocycles. The molecule has 19 heavy (non-hydrogen) atoms. The Balaban J connectivity index is 1.98. The number of anilines is 2. The Hall–Kier alpha value is -1.88. The number of nitrogens with two attached hydrogens (primary N) is 1. The lowest BCUT2D eigenvalue weighted by Crippen LogP contribution is -2.28. The minimum Gasteiger partial charge on any atom is -0.398 e. The summed E-state index contributed by atoms with van der Waals surface area (Å²) >= 11 is 1.43. The van der Waals surface area contributed by atoms with Crippen LogP contribution in [-0.4, -0.2) is 17.4 Å². The monoisotopic (exact) mass is 273 g/mol. The predicted octanol–water partition coefficient (Wildman–Crippen LogP) is 2.55. The van der Waals surface area contributed by atoms with Crippen molar-refractivity contribution < 1.29 is 4.79 Å². The predicted molar refractivity (Wildman–Crippen MR) is 77.8 cm³/mol. The summed E-state index contributed by atoms with van der Waals surface area (Å²) in [7, 11) is 0. The molecule has 4 nitrogen and oxygen atoms in total. The molecule has 0 spiro atoms. The maximum atomic E-state index is 12.5. The molecule has 0 fully saturated rings. The van der Waals surface area contributed by atoms with Crippen molar-refractivity contribution in [2.75, 3.05) is 17.2 Å². The first kappa shape index (κ1) is 12.2. The molecule has 0 radical (unpaired) electrons. The van der Waals surface area contributed by atoms with E-state index in [1.54, 1.807) is 11.1 Å². The van der Waals surface area contributed by atoms with Gasteiger partial charge < -0.3 is 10.6 Å². The van der Waals surface area contributed by atoms with Gasteiger partial charge in [-0.1, -0.05) is 6.07 Å². The number of thiazole rings is 1. The summed E-state index contributed by atoms with van der Waals surface area (Å²) in [5.41, 5.74) is 9.90. The highest BCUT2D eigenvalue weighted by molar-refractivity contribution is 7.13. The van der Waals surface area contributed by atoms with Crippen LogP contribution in [0.15, 0.2) is 18.3 Å². The lowest BCUT2D eigenvalue weighted by atomic mass is 10.1. The minimum atomic E-state index is 0.0209. The summed E-state index contributed by atoms with van der Waals surface area (Å²) < 4.78 is 0. The van der Waals surface area contributed by atoms with Gasteiger partial charge in [0.2, 0.25) is 0 Å². The lowest BCUT2D eigenvalue weighted by molar-refractivity contribution is 0.0993. The van der Waals surface area contributed by atoms with Gasteiger partial charge in [0.25, 0.3) is 5.91 Å². The molecule has 1 aromatic heterocycles. The highest BCUT2D eigenvalue weighted by Crippen LogP contribution is 2.33. The fourth-order valence-corrected chi connectivity index (χ4v) is 3.11. The van der Waals surface area contributed by atoms with Gasteiger partial charge in [-0.25, -0.2) is 4.98 Å². The van der Waals surface area contributed by atoms with Crippen molar-refractivity contribution in [2.24, 2.45) is 0 Å². The Bertz CT molecular complexity index is 663. The topological polar surface area (TPSA) is 59.2 Å². The molecule has 0 saturated carbocycles. The zero-order chi connectivity index (χ0) is 13.6. The second-order valence-corrected chi connectivity index (χ2v) is 6.02. The quantitative estimate of drug-likeness (QED) is 0.812. The van der Waals surface area contributed by atoms with Crippen molar-refractivity contribution in [3.8, 4) is 0 Å². The van der Waals surface area contributed by atoms with Crippen molar-refractivity contribution in [2.45, 2.75) is 20.3 Å². The molecule has 0 bridgehead atoms. The molecule has 1 aliphatic rings. The Morgan fingerprint density at radius 3 is 2.89 bits per heavy atom. The second kappa shape index (κ2) is 4.35. The number of fused-ring (bicyclic) bond motifs is 1. The highest BCUT2D eigenvalue weighted by atomic mass is 32.1. The van der Waals surface area contributed by atoms with Gasteiger partial charge in [-0.15, -0.1) is 11.3 Å². The summed E-state index contributed by atoms with van der Waals surface area (Å²) in [6.45, 7) is 4.61. The molecule has 2 aromatic rings. The minimum absolute atomic E-state index is 0.0209.